The Hall–Kier alpha value is -2.80. The second-order valence-electron chi connectivity index (χ2n) is 5.53. The Labute approximate surface area is 138 Å². The molecule has 0 unspecified atom stereocenters. The Morgan fingerprint density at radius 3 is 1.48 bits per heavy atom. The molecule has 0 saturated heterocycles. The fourth-order valence-corrected chi connectivity index (χ4v) is 2.10. The Balaban J connectivity index is 0.000000185. The average molecular weight is 302 g/mol. The van der Waals surface area contributed by atoms with Crippen molar-refractivity contribution >= 4 is 6.08 Å². The second kappa shape index (κ2) is 8.00. The number of aryl methyl sites for hydroxylation is 2. The van der Waals surface area contributed by atoms with Gasteiger partial charge in [-0.05, 0) is 42.7 Å². The lowest BCUT2D eigenvalue weighted by Gasteiger charge is -2.01. The molecule has 0 aliphatic heterocycles. The van der Waals surface area contributed by atoms with Crippen molar-refractivity contribution < 1.29 is 5.11 Å². The lowest BCUT2D eigenvalue weighted by molar-refractivity contribution is 0.475. The van der Waals surface area contributed by atoms with E-state index in [-0.39, 0.29) is 0 Å². The van der Waals surface area contributed by atoms with Gasteiger partial charge in [-0.3, -0.25) is 0 Å². The molecule has 0 radical (unpaired) electrons. The van der Waals surface area contributed by atoms with Gasteiger partial charge in [0.1, 0.15) is 5.75 Å². The highest BCUT2D eigenvalue weighted by Crippen LogP contribution is 2.21. The summed E-state index contributed by atoms with van der Waals surface area (Å²) in [7, 11) is 0. The SMILES string of the molecule is C=Cc1ccc(C)cc1.Cc1ccc(-c2ccc(O)cc2)cc1. The number of phenols is 1. The van der Waals surface area contributed by atoms with Crippen LogP contribution in [0.2, 0.25) is 0 Å². The van der Waals surface area contributed by atoms with Crippen LogP contribution in [-0.2, 0) is 0 Å². The van der Waals surface area contributed by atoms with E-state index in [4.69, 9.17) is 5.11 Å². The fourth-order valence-electron chi connectivity index (χ4n) is 2.10. The van der Waals surface area contributed by atoms with E-state index in [0.717, 1.165) is 5.56 Å². The van der Waals surface area contributed by atoms with Crippen molar-refractivity contribution in [1.29, 1.82) is 0 Å². The van der Waals surface area contributed by atoms with Crippen LogP contribution in [0.3, 0.4) is 0 Å². The van der Waals surface area contributed by atoms with Crippen molar-refractivity contribution in [2.75, 3.05) is 0 Å². The molecule has 3 aromatic carbocycles. The summed E-state index contributed by atoms with van der Waals surface area (Å²) in [5.41, 5.74) is 6.03. The molecule has 0 fully saturated rings. The molecule has 1 nitrogen and oxygen atoms in total. The molecule has 3 aromatic rings. The summed E-state index contributed by atoms with van der Waals surface area (Å²) in [6.45, 7) is 7.81. The number of aromatic hydroxyl groups is 1. The van der Waals surface area contributed by atoms with Gasteiger partial charge < -0.3 is 5.11 Å². The summed E-state index contributed by atoms with van der Waals surface area (Å²) in [5, 5.41) is 9.15. The monoisotopic (exact) mass is 302 g/mol. The van der Waals surface area contributed by atoms with E-state index < -0.39 is 0 Å². The predicted molar refractivity (Wildman–Crippen MR) is 99.5 cm³/mol. The molecule has 23 heavy (non-hydrogen) atoms. The van der Waals surface area contributed by atoms with Crippen LogP contribution in [0.25, 0.3) is 17.2 Å². The largest absolute Gasteiger partial charge is 0.508 e. The van der Waals surface area contributed by atoms with Gasteiger partial charge in [0.05, 0.1) is 0 Å². The number of benzene rings is 3. The molecular weight excluding hydrogens is 280 g/mol. The molecular formula is C22H22O. The number of rotatable bonds is 2. The standard InChI is InChI=1S/C13H12O.C9H10/c1-10-2-4-11(5-3-10)12-6-8-13(14)9-7-12;1-3-9-6-4-8(2)5-7-9/h2-9,14H,1H3;3-7H,1H2,2H3. The molecule has 1 N–H and O–H groups in total. The maximum Gasteiger partial charge on any atom is 0.115 e. The molecule has 0 atom stereocenters. The molecule has 0 saturated carbocycles. The van der Waals surface area contributed by atoms with Crippen LogP contribution in [0.1, 0.15) is 16.7 Å². The van der Waals surface area contributed by atoms with Gasteiger partial charge in [0.15, 0.2) is 0 Å². The van der Waals surface area contributed by atoms with Crippen LogP contribution < -0.4 is 0 Å². The first-order chi connectivity index (χ1) is 11.1. The molecule has 0 aliphatic carbocycles. The van der Waals surface area contributed by atoms with Gasteiger partial charge in [-0.2, -0.15) is 0 Å². The van der Waals surface area contributed by atoms with Gasteiger partial charge in [-0.25, -0.2) is 0 Å². The molecule has 0 aromatic heterocycles. The highest BCUT2D eigenvalue weighted by molar-refractivity contribution is 5.64. The van der Waals surface area contributed by atoms with Gasteiger partial charge in [0, 0.05) is 0 Å². The molecule has 0 spiro atoms. The summed E-state index contributed by atoms with van der Waals surface area (Å²) in [5.74, 6) is 0.306. The second-order valence-corrected chi connectivity index (χ2v) is 5.53. The molecule has 3 rings (SSSR count). The molecule has 1 heteroatoms. The minimum atomic E-state index is 0.306. The Kier molecular flexibility index (Phi) is 5.76. The van der Waals surface area contributed by atoms with Crippen molar-refractivity contribution in [3.05, 3.63) is 96.1 Å². The van der Waals surface area contributed by atoms with E-state index in [0.29, 0.717) is 5.75 Å². The minimum absolute atomic E-state index is 0.306. The summed E-state index contributed by atoms with van der Waals surface area (Å²) >= 11 is 0. The number of phenolic OH excluding ortho intramolecular Hbond substituents is 1. The summed E-state index contributed by atoms with van der Waals surface area (Å²) in [6.07, 6.45) is 1.85. The normalized spacial score (nSPS) is 9.65. The smallest absolute Gasteiger partial charge is 0.115 e. The third kappa shape index (κ3) is 5.15. The van der Waals surface area contributed by atoms with E-state index in [9.17, 15) is 0 Å². The maximum absolute atomic E-state index is 9.15. The van der Waals surface area contributed by atoms with Gasteiger partial charge >= 0.3 is 0 Å². The summed E-state index contributed by atoms with van der Waals surface area (Å²) in [6, 6.07) is 23.9. The van der Waals surface area contributed by atoms with Crippen LogP contribution >= 0.6 is 0 Å². The first-order valence-electron chi connectivity index (χ1n) is 7.63. The van der Waals surface area contributed by atoms with Crippen molar-refractivity contribution in [3.63, 3.8) is 0 Å². The molecule has 116 valence electrons. The van der Waals surface area contributed by atoms with E-state index in [2.05, 4.69) is 69.0 Å². The number of hydrogen-bond donors (Lipinski definition) is 1. The first-order valence-corrected chi connectivity index (χ1v) is 7.63. The Morgan fingerprint density at radius 2 is 1.04 bits per heavy atom. The Morgan fingerprint density at radius 1 is 0.652 bits per heavy atom. The predicted octanol–water partition coefficient (Wildman–Crippen LogP) is 6.01. The van der Waals surface area contributed by atoms with E-state index in [1.54, 1.807) is 12.1 Å². The van der Waals surface area contributed by atoms with Crippen molar-refractivity contribution in [2.45, 2.75) is 13.8 Å². The minimum Gasteiger partial charge on any atom is -0.508 e. The molecule has 0 amide bonds. The fraction of sp³-hybridized carbons (Fsp3) is 0.0909. The molecule has 0 bridgehead atoms. The average Bonchev–Trinajstić information content (AvgIpc) is 2.58. The lowest BCUT2D eigenvalue weighted by Crippen LogP contribution is -1.77. The quantitative estimate of drug-likeness (QED) is 0.615. The third-order valence-electron chi connectivity index (χ3n) is 3.57. The number of hydrogen-bond acceptors (Lipinski definition) is 1. The maximum atomic E-state index is 9.15. The molecule has 0 heterocycles. The van der Waals surface area contributed by atoms with Gasteiger partial charge in [0.25, 0.3) is 0 Å². The third-order valence-corrected chi connectivity index (χ3v) is 3.57. The van der Waals surface area contributed by atoms with Gasteiger partial charge in [-0.1, -0.05) is 84.4 Å². The Bertz CT molecular complexity index is 692. The zero-order valence-electron chi connectivity index (χ0n) is 13.7. The molecule has 0 aliphatic rings. The highest BCUT2D eigenvalue weighted by Gasteiger charge is 1.96. The van der Waals surface area contributed by atoms with Crippen molar-refractivity contribution in [1.82, 2.24) is 0 Å². The van der Waals surface area contributed by atoms with E-state index in [1.165, 1.54) is 22.3 Å². The van der Waals surface area contributed by atoms with E-state index >= 15 is 0 Å². The first kappa shape index (κ1) is 16.6. The van der Waals surface area contributed by atoms with Crippen LogP contribution in [0.5, 0.6) is 5.75 Å². The lowest BCUT2D eigenvalue weighted by atomic mass is 10.0. The topological polar surface area (TPSA) is 20.2 Å². The van der Waals surface area contributed by atoms with Crippen LogP contribution in [0.15, 0.2) is 79.4 Å². The van der Waals surface area contributed by atoms with Gasteiger partial charge in [-0.15, -0.1) is 0 Å². The zero-order valence-corrected chi connectivity index (χ0v) is 13.7. The van der Waals surface area contributed by atoms with Crippen molar-refractivity contribution in [2.24, 2.45) is 0 Å². The van der Waals surface area contributed by atoms with Gasteiger partial charge in [0.2, 0.25) is 0 Å². The van der Waals surface area contributed by atoms with Crippen LogP contribution in [0, 0.1) is 13.8 Å². The van der Waals surface area contributed by atoms with Crippen LogP contribution in [-0.4, -0.2) is 5.11 Å². The van der Waals surface area contributed by atoms with Crippen molar-refractivity contribution in [3.8, 4) is 16.9 Å². The summed E-state index contributed by atoms with van der Waals surface area (Å²) in [4.78, 5) is 0. The summed E-state index contributed by atoms with van der Waals surface area (Å²) < 4.78 is 0. The highest BCUT2D eigenvalue weighted by atomic mass is 16.3. The van der Waals surface area contributed by atoms with E-state index in [1.807, 2.05) is 18.2 Å². The van der Waals surface area contributed by atoms with Crippen LogP contribution in [0.4, 0.5) is 0 Å². The zero-order chi connectivity index (χ0) is 16.7.